The van der Waals surface area contributed by atoms with Gasteiger partial charge >= 0.3 is 173 Å². The molecular weight excluding hydrogens is 471 g/mol. The number of phenolic OH excluding ortho intramolecular Hbond substituents is 4. The van der Waals surface area contributed by atoms with Crippen molar-refractivity contribution in [3.05, 3.63) is 97.1 Å². The first-order valence-corrected chi connectivity index (χ1v) is 14.9. The molecule has 0 fully saturated rings. The average molecular weight is 491 g/mol. The zero-order valence-corrected chi connectivity index (χ0v) is 18.4. The van der Waals surface area contributed by atoms with Gasteiger partial charge in [0.05, 0.1) is 0 Å². The Kier molecular flexibility index (Phi) is 5.11. The van der Waals surface area contributed by atoms with Gasteiger partial charge in [0.25, 0.3) is 0 Å². The molecule has 4 aromatic rings. The predicted molar refractivity (Wildman–Crippen MR) is 117 cm³/mol. The molecule has 0 aliphatic heterocycles. The molecule has 4 nitrogen and oxygen atoms in total. The second-order valence-electron chi connectivity index (χ2n) is 6.95. The normalized spacial score (nSPS) is 11.3. The number of phenols is 4. The number of hydrogen-bond acceptors (Lipinski definition) is 4. The zero-order valence-electron chi connectivity index (χ0n) is 15.5. The summed E-state index contributed by atoms with van der Waals surface area (Å²) in [7, 11) is 0. The minimum absolute atomic E-state index is 0.143. The Morgan fingerprint density at radius 3 is 0.828 bits per heavy atom. The molecule has 0 unspecified atom stereocenters. The van der Waals surface area contributed by atoms with Gasteiger partial charge < -0.3 is 0 Å². The Bertz CT molecular complexity index is 985. The van der Waals surface area contributed by atoms with E-state index in [4.69, 9.17) is 0 Å². The number of aromatic hydroxyl groups is 4. The third-order valence-electron chi connectivity index (χ3n) is 5.12. The molecule has 0 aliphatic carbocycles. The van der Waals surface area contributed by atoms with Crippen LogP contribution in [0, 0.1) is 0 Å². The molecule has 29 heavy (non-hydrogen) atoms. The molecule has 144 valence electrons. The van der Waals surface area contributed by atoms with Crippen molar-refractivity contribution < 1.29 is 20.4 Å². The van der Waals surface area contributed by atoms with Crippen molar-refractivity contribution in [2.45, 2.75) is 0 Å². The van der Waals surface area contributed by atoms with E-state index in [1.54, 1.807) is 72.8 Å². The van der Waals surface area contributed by atoms with Gasteiger partial charge in [0, 0.05) is 0 Å². The SMILES string of the molecule is Oc1ccc[c]([Sn]([c]2cccc(O)c2)([c]2cccc(O)c2)[c]2cccc(O)c2)c1. The number of hydrogen-bond donors (Lipinski definition) is 4. The Morgan fingerprint density at radius 1 is 0.379 bits per heavy atom. The molecule has 0 radical (unpaired) electrons. The van der Waals surface area contributed by atoms with Crippen LogP contribution in [0.2, 0.25) is 0 Å². The summed E-state index contributed by atoms with van der Waals surface area (Å²) in [5.41, 5.74) is 0. The van der Waals surface area contributed by atoms with E-state index >= 15 is 0 Å². The fourth-order valence-corrected chi connectivity index (χ4v) is 17.8. The van der Waals surface area contributed by atoms with Crippen LogP contribution >= 0.6 is 0 Å². The van der Waals surface area contributed by atoms with Gasteiger partial charge in [0.1, 0.15) is 0 Å². The van der Waals surface area contributed by atoms with Gasteiger partial charge in [-0.25, -0.2) is 0 Å². The molecule has 0 saturated heterocycles. The van der Waals surface area contributed by atoms with E-state index < -0.39 is 18.4 Å². The van der Waals surface area contributed by atoms with Crippen molar-refractivity contribution >= 4 is 32.7 Å². The van der Waals surface area contributed by atoms with Crippen LogP contribution in [-0.2, 0) is 0 Å². The molecule has 0 bridgehead atoms. The van der Waals surface area contributed by atoms with Crippen LogP contribution in [0.4, 0.5) is 0 Å². The Labute approximate surface area is 172 Å². The van der Waals surface area contributed by atoms with Gasteiger partial charge in [-0.15, -0.1) is 0 Å². The van der Waals surface area contributed by atoms with Crippen LogP contribution in [0.15, 0.2) is 97.1 Å². The van der Waals surface area contributed by atoms with E-state index in [-0.39, 0.29) is 23.0 Å². The Balaban J connectivity index is 2.19. The second kappa shape index (κ2) is 7.72. The molecular formula is C24H20O4Sn. The molecule has 0 aliphatic rings. The Morgan fingerprint density at radius 2 is 0.621 bits per heavy atom. The molecule has 0 aromatic heterocycles. The van der Waals surface area contributed by atoms with Crippen LogP contribution in [0.1, 0.15) is 0 Å². The Hall–Kier alpha value is -3.12. The summed E-state index contributed by atoms with van der Waals surface area (Å²) in [6, 6.07) is 28.5. The fraction of sp³-hybridized carbons (Fsp3) is 0. The molecule has 0 heterocycles. The maximum atomic E-state index is 10.3. The quantitative estimate of drug-likeness (QED) is 0.329. The van der Waals surface area contributed by atoms with Crippen LogP contribution in [0.25, 0.3) is 0 Å². The van der Waals surface area contributed by atoms with Crippen molar-refractivity contribution in [2.24, 2.45) is 0 Å². The van der Waals surface area contributed by atoms with Crippen LogP contribution in [0.5, 0.6) is 23.0 Å². The van der Waals surface area contributed by atoms with Crippen LogP contribution < -0.4 is 14.3 Å². The molecule has 4 N–H and O–H groups in total. The number of benzene rings is 4. The van der Waals surface area contributed by atoms with Gasteiger partial charge in [-0.05, 0) is 0 Å². The van der Waals surface area contributed by atoms with E-state index in [1.165, 1.54) is 0 Å². The summed E-state index contributed by atoms with van der Waals surface area (Å²) in [4.78, 5) is 0. The summed E-state index contributed by atoms with van der Waals surface area (Å²) < 4.78 is 3.73. The van der Waals surface area contributed by atoms with Gasteiger partial charge in [0.15, 0.2) is 0 Å². The van der Waals surface area contributed by atoms with Crippen molar-refractivity contribution in [2.75, 3.05) is 0 Å². The second-order valence-corrected chi connectivity index (χ2v) is 17.8. The molecule has 0 atom stereocenters. The molecule has 4 rings (SSSR count). The topological polar surface area (TPSA) is 80.9 Å². The average Bonchev–Trinajstić information content (AvgIpc) is 2.69. The maximum absolute atomic E-state index is 10.3. The molecule has 5 heteroatoms. The summed E-state index contributed by atoms with van der Waals surface area (Å²) in [6.07, 6.45) is 0. The molecule has 0 amide bonds. The fourth-order valence-electron chi connectivity index (χ4n) is 3.96. The molecule has 4 aromatic carbocycles. The summed E-state index contributed by atoms with van der Waals surface area (Å²) in [5, 5.41) is 41.1. The summed E-state index contributed by atoms with van der Waals surface area (Å²) >= 11 is -4.12. The van der Waals surface area contributed by atoms with Gasteiger partial charge in [0.2, 0.25) is 0 Å². The molecule has 0 saturated carbocycles. The van der Waals surface area contributed by atoms with Crippen molar-refractivity contribution in [1.29, 1.82) is 0 Å². The first kappa shape index (κ1) is 19.2. The first-order valence-electron chi connectivity index (χ1n) is 9.18. The zero-order chi connectivity index (χ0) is 20.4. The third-order valence-corrected chi connectivity index (χ3v) is 18.6. The van der Waals surface area contributed by atoms with Crippen molar-refractivity contribution in [3.8, 4) is 23.0 Å². The van der Waals surface area contributed by atoms with Crippen molar-refractivity contribution in [1.82, 2.24) is 0 Å². The van der Waals surface area contributed by atoms with Gasteiger partial charge in [-0.3, -0.25) is 0 Å². The molecule has 0 spiro atoms. The van der Waals surface area contributed by atoms with Gasteiger partial charge in [-0.2, -0.15) is 0 Å². The third kappa shape index (κ3) is 3.51. The van der Waals surface area contributed by atoms with Crippen LogP contribution in [-0.4, -0.2) is 38.8 Å². The first-order chi connectivity index (χ1) is 14.0. The predicted octanol–water partition coefficient (Wildman–Crippen LogP) is 1.89. The van der Waals surface area contributed by atoms with E-state index in [0.29, 0.717) is 0 Å². The monoisotopic (exact) mass is 492 g/mol. The number of rotatable bonds is 4. The van der Waals surface area contributed by atoms with Crippen molar-refractivity contribution in [3.63, 3.8) is 0 Å². The minimum atomic E-state index is -4.12. The summed E-state index contributed by atoms with van der Waals surface area (Å²) in [5.74, 6) is 0.570. The van der Waals surface area contributed by atoms with E-state index in [1.807, 2.05) is 24.3 Å². The van der Waals surface area contributed by atoms with Gasteiger partial charge in [-0.1, -0.05) is 0 Å². The van der Waals surface area contributed by atoms with E-state index in [2.05, 4.69) is 0 Å². The van der Waals surface area contributed by atoms with E-state index in [9.17, 15) is 20.4 Å². The van der Waals surface area contributed by atoms with Crippen LogP contribution in [0.3, 0.4) is 0 Å². The summed E-state index contributed by atoms with van der Waals surface area (Å²) in [6.45, 7) is 0. The van der Waals surface area contributed by atoms with E-state index in [0.717, 1.165) is 14.3 Å². The standard InChI is InChI=1S/4C6H5O.Sn/c4*7-6-4-2-1-3-5-6;/h4*1-2,4-5,7H;.